The lowest BCUT2D eigenvalue weighted by atomic mass is 10.2. The van der Waals surface area contributed by atoms with Gasteiger partial charge >= 0.3 is 0 Å². The predicted octanol–water partition coefficient (Wildman–Crippen LogP) is 1.54. The highest BCUT2D eigenvalue weighted by atomic mass is 32.1. The van der Waals surface area contributed by atoms with Crippen LogP contribution in [0.3, 0.4) is 0 Å². The molecule has 0 aliphatic rings. The van der Waals surface area contributed by atoms with Crippen LogP contribution in [0.2, 0.25) is 0 Å². The van der Waals surface area contributed by atoms with Crippen molar-refractivity contribution in [2.45, 2.75) is 25.8 Å². The highest BCUT2D eigenvalue weighted by molar-refractivity contribution is 7.09. The molecule has 6 heteroatoms. The van der Waals surface area contributed by atoms with Gasteiger partial charge in [-0.15, -0.1) is 11.3 Å². The van der Waals surface area contributed by atoms with Crippen molar-refractivity contribution in [3.05, 3.63) is 28.7 Å². The molecule has 0 bridgehead atoms. The fourth-order valence-corrected chi connectivity index (χ4v) is 2.12. The van der Waals surface area contributed by atoms with Gasteiger partial charge in [-0.25, -0.2) is 4.98 Å². The Bertz CT molecular complexity index is 383. The zero-order valence-corrected chi connectivity index (χ0v) is 10.00. The van der Waals surface area contributed by atoms with Gasteiger partial charge in [0.1, 0.15) is 12.2 Å². The Kier molecular flexibility index (Phi) is 4.01. The lowest BCUT2D eigenvalue weighted by Gasteiger charge is -2.10. The zero-order chi connectivity index (χ0) is 11.2. The molecule has 0 amide bonds. The van der Waals surface area contributed by atoms with E-state index in [1.165, 1.54) is 4.88 Å². The van der Waals surface area contributed by atoms with E-state index in [9.17, 15) is 0 Å². The summed E-state index contributed by atoms with van der Waals surface area (Å²) < 4.78 is 0. The summed E-state index contributed by atoms with van der Waals surface area (Å²) in [7, 11) is 0. The first-order chi connectivity index (χ1) is 7.86. The van der Waals surface area contributed by atoms with Gasteiger partial charge in [-0.3, -0.25) is 10.1 Å². The summed E-state index contributed by atoms with van der Waals surface area (Å²) in [6, 6.07) is 0.377. The molecule has 0 aromatic carbocycles. The van der Waals surface area contributed by atoms with Crippen molar-refractivity contribution in [3.63, 3.8) is 0 Å². The Morgan fingerprint density at radius 3 is 3.19 bits per heavy atom. The number of nitrogens with zero attached hydrogens (tertiary/aromatic N) is 3. The number of aryl methyl sites for hydroxylation is 1. The SMILES string of the molecule is CC(NCCCc1ncn[nH]1)c1cncs1. The third kappa shape index (κ3) is 3.11. The maximum atomic E-state index is 4.08. The monoisotopic (exact) mass is 237 g/mol. The van der Waals surface area contributed by atoms with Crippen molar-refractivity contribution >= 4 is 11.3 Å². The first kappa shape index (κ1) is 11.2. The molecule has 16 heavy (non-hydrogen) atoms. The standard InChI is InChI=1S/C10H15N5S/c1-8(9-5-11-7-16-9)12-4-2-3-10-13-6-14-15-10/h5-8,12H,2-4H2,1H3,(H,13,14,15). The van der Waals surface area contributed by atoms with Crippen LogP contribution in [0.15, 0.2) is 18.0 Å². The summed E-state index contributed by atoms with van der Waals surface area (Å²) in [6.07, 6.45) is 5.45. The number of rotatable bonds is 6. The van der Waals surface area contributed by atoms with Crippen molar-refractivity contribution in [1.29, 1.82) is 0 Å². The van der Waals surface area contributed by atoms with Gasteiger partial charge in [-0.2, -0.15) is 5.10 Å². The number of nitrogens with one attached hydrogen (secondary N) is 2. The Morgan fingerprint density at radius 2 is 2.50 bits per heavy atom. The van der Waals surface area contributed by atoms with E-state index < -0.39 is 0 Å². The lowest BCUT2D eigenvalue weighted by Crippen LogP contribution is -2.19. The fraction of sp³-hybridized carbons (Fsp3) is 0.500. The van der Waals surface area contributed by atoms with Gasteiger partial charge in [0.05, 0.1) is 5.51 Å². The predicted molar refractivity (Wildman–Crippen MR) is 63.2 cm³/mol. The molecular weight excluding hydrogens is 222 g/mol. The zero-order valence-electron chi connectivity index (χ0n) is 9.18. The summed E-state index contributed by atoms with van der Waals surface area (Å²) in [5.74, 6) is 0.951. The third-order valence-corrected chi connectivity index (χ3v) is 3.34. The molecule has 2 aromatic rings. The molecule has 0 radical (unpaired) electrons. The quantitative estimate of drug-likeness (QED) is 0.748. The van der Waals surface area contributed by atoms with Crippen LogP contribution in [-0.4, -0.2) is 26.7 Å². The summed E-state index contributed by atoms with van der Waals surface area (Å²) in [5, 5.41) is 10.1. The molecular formula is C10H15N5S. The summed E-state index contributed by atoms with van der Waals surface area (Å²) >= 11 is 1.68. The molecule has 0 aliphatic heterocycles. The first-order valence-corrected chi connectivity index (χ1v) is 6.20. The Labute approximate surface area is 98.3 Å². The van der Waals surface area contributed by atoms with Crippen molar-refractivity contribution in [3.8, 4) is 0 Å². The lowest BCUT2D eigenvalue weighted by molar-refractivity contribution is 0.560. The van der Waals surface area contributed by atoms with Gasteiger partial charge in [0.25, 0.3) is 0 Å². The van der Waals surface area contributed by atoms with E-state index in [1.807, 2.05) is 11.7 Å². The second-order valence-electron chi connectivity index (χ2n) is 3.62. The fourth-order valence-electron chi connectivity index (χ4n) is 1.47. The first-order valence-electron chi connectivity index (χ1n) is 5.32. The number of hydrogen-bond donors (Lipinski definition) is 2. The Morgan fingerprint density at radius 1 is 1.56 bits per heavy atom. The molecule has 1 atom stereocenters. The molecule has 0 fully saturated rings. The van der Waals surface area contributed by atoms with Crippen LogP contribution >= 0.6 is 11.3 Å². The van der Waals surface area contributed by atoms with Gasteiger partial charge in [0.2, 0.25) is 0 Å². The van der Waals surface area contributed by atoms with E-state index in [0.717, 1.165) is 25.2 Å². The highest BCUT2D eigenvalue weighted by Gasteiger charge is 2.05. The maximum Gasteiger partial charge on any atom is 0.137 e. The normalized spacial score (nSPS) is 12.8. The van der Waals surface area contributed by atoms with Crippen molar-refractivity contribution in [2.24, 2.45) is 0 Å². The minimum atomic E-state index is 0.377. The average Bonchev–Trinajstić information content (AvgIpc) is 2.96. The average molecular weight is 237 g/mol. The van der Waals surface area contributed by atoms with E-state index in [4.69, 9.17) is 0 Å². The topological polar surface area (TPSA) is 66.5 Å². The van der Waals surface area contributed by atoms with E-state index >= 15 is 0 Å². The third-order valence-electron chi connectivity index (χ3n) is 2.38. The maximum absolute atomic E-state index is 4.08. The van der Waals surface area contributed by atoms with Gasteiger partial charge in [-0.05, 0) is 19.9 Å². The minimum absolute atomic E-state index is 0.377. The molecule has 2 aromatic heterocycles. The van der Waals surface area contributed by atoms with Crippen LogP contribution < -0.4 is 5.32 Å². The highest BCUT2D eigenvalue weighted by Crippen LogP contribution is 2.15. The summed E-state index contributed by atoms with van der Waals surface area (Å²) in [4.78, 5) is 9.43. The molecule has 5 nitrogen and oxygen atoms in total. The summed E-state index contributed by atoms with van der Waals surface area (Å²) in [6.45, 7) is 3.13. The minimum Gasteiger partial charge on any atom is -0.309 e. The van der Waals surface area contributed by atoms with Crippen LogP contribution in [0.4, 0.5) is 0 Å². The molecule has 86 valence electrons. The van der Waals surface area contributed by atoms with Crippen molar-refractivity contribution in [2.75, 3.05) is 6.54 Å². The van der Waals surface area contributed by atoms with Gasteiger partial charge in [0.15, 0.2) is 0 Å². The van der Waals surface area contributed by atoms with Crippen LogP contribution in [0, 0.1) is 0 Å². The van der Waals surface area contributed by atoms with E-state index in [1.54, 1.807) is 17.7 Å². The molecule has 0 saturated heterocycles. The number of aromatic nitrogens is 4. The number of thiazole rings is 1. The van der Waals surface area contributed by atoms with Crippen LogP contribution in [0.1, 0.15) is 30.1 Å². The van der Waals surface area contributed by atoms with Gasteiger partial charge in [-0.1, -0.05) is 0 Å². The molecule has 2 heterocycles. The number of hydrogen-bond acceptors (Lipinski definition) is 5. The smallest absolute Gasteiger partial charge is 0.137 e. The van der Waals surface area contributed by atoms with Crippen LogP contribution in [-0.2, 0) is 6.42 Å². The largest absolute Gasteiger partial charge is 0.309 e. The van der Waals surface area contributed by atoms with Crippen LogP contribution in [0.5, 0.6) is 0 Å². The molecule has 0 aliphatic carbocycles. The molecule has 2 rings (SSSR count). The van der Waals surface area contributed by atoms with Crippen molar-refractivity contribution < 1.29 is 0 Å². The second kappa shape index (κ2) is 5.72. The van der Waals surface area contributed by atoms with E-state index in [-0.39, 0.29) is 0 Å². The second-order valence-corrected chi connectivity index (χ2v) is 4.53. The Hall–Kier alpha value is -1.27. The van der Waals surface area contributed by atoms with Gasteiger partial charge < -0.3 is 5.32 Å². The van der Waals surface area contributed by atoms with Crippen LogP contribution in [0.25, 0.3) is 0 Å². The summed E-state index contributed by atoms with van der Waals surface area (Å²) in [5.41, 5.74) is 1.86. The molecule has 2 N–H and O–H groups in total. The number of aromatic amines is 1. The molecule has 1 unspecified atom stereocenters. The van der Waals surface area contributed by atoms with Gasteiger partial charge in [0, 0.05) is 23.5 Å². The number of H-pyrrole nitrogens is 1. The van der Waals surface area contributed by atoms with Crippen molar-refractivity contribution in [1.82, 2.24) is 25.5 Å². The molecule has 0 spiro atoms. The van der Waals surface area contributed by atoms with E-state index in [2.05, 4.69) is 32.4 Å². The molecule has 0 saturated carbocycles. The van der Waals surface area contributed by atoms with E-state index in [0.29, 0.717) is 6.04 Å². The Balaban J connectivity index is 1.65.